The zero-order chi connectivity index (χ0) is 17.4. The molecule has 0 aliphatic carbocycles. The number of nitro groups is 1. The SMILES string of the molecule is CCN(C)C(=O)c1c[nH]c2ncc([N+](=O)[O-])cc12.O=BC#CO. The molecule has 23 heavy (non-hydrogen) atoms. The predicted octanol–water partition coefficient (Wildman–Crippen LogP) is 0.890. The molecule has 0 fully saturated rings. The number of amides is 1. The van der Waals surface area contributed by atoms with Gasteiger partial charge in [0.25, 0.3) is 11.6 Å². The van der Waals surface area contributed by atoms with E-state index in [4.69, 9.17) is 9.81 Å². The summed E-state index contributed by atoms with van der Waals surface area (Å²) >= 11 is 0. The summed E-state index contributed by atoms with van der Waals surface area (Å²) in [5.74, 6) is 1.55. The summed E-state index contributed by atoms with van der Waals surface area (Å²) in [5, 5.41) is 18.6. The van der Waals surface area contributed by atoms with E-state index in [1.807, 2.05) is 6.92 Å². The van der Waals surface area contributed by atoms with E-state index in [2.05, 4.69) is 9.97 Å². The summed E-state index contributed by atoms with van der Waals surface area (Å²) in [4.78, 5) is 30.5. The quantitative estimate of drug-likeness (QED) is 0.374. The van der Waals surface area contributed by atoms with Gasteiger partial charge in [-0.1, -0.05) is 0 Å². The molecule has 0 radical (unpaired) electrons. The monoisotopic (exact) mass is 316 g/mol. The second kappa shape index (κ2) is 8.28. The molecule has 0 spiro atoms. The third-order valence-electron chi connectivity index (χ3n) is 2.90. The van der Waals surface area contributed by atoms with Crippen LogP contribution in [0.2, 0.25) is 0 Å². The third-order valence-corrected chi connectivity index (χ3v) is 2.90. The van der Waals surface area contributed by atoms with Gasteiger partial charge >= 0.3 is 28.9 Å². The minimum atomic E-state index is -0.531. The molecule has 0 aromatic carbocycles. The van der Waals surface area contributed by atoms with Gasteiger partial charge in [0.05, 0.1) is 10.5 Å². The summed E-state index contributed by atoms with van der Waals surface area (Å²) < 4.78 is 9.07. The van der Waals surface area contributed by atoms with E-state index in [-0.39, 0.29) is 11.6 Å². The topological polar surface area (TPSA) is 129 Å². The molecule has 2 rings (SSSR count). The number of hydrogen-bond acceptors (Lipinski definition) is 6. The number of aliphatic hydroxyl groups excluding tert-OH is 1. The van der Waals surface area contributed by atoms with Gasteiger partial charge in [-0.05, 0) is 6.92 Å². The molecule has 0 aliphatic rings. The van der Waals surface area contributed by atoms with E-state index in [9.17, 15) is 14.9 Å². The minimum absolute atomic E-state index is 0.129. The van der Waals surface area contributed by atoms with Crippen LogP contribution >= 0.6 is 0 Å². The van der Waals surface area contributed by atoms with Gasteiger partial charge in [-0.2, -0.15) is 0 Å². The van der Waals surface area contributed by atoms with Crippen LogP contribution in [0, 0.1) is 22.0 Å². The first-order valence-electron chi connectivity index (χ1n) is 6.41. The summed E-state index contributed by atoms with van der Waals surface area (Å²) in [6.45, 7) is 2.42. The number of hydrogen-bond donors (Lipinski definition) is 2. The summed E-state index contributed by atoms with van der Waals surface area (Å²) in [7, 11) is 1.99. The van der Waals surface area contributed by atoms with Crippen LogP contribution in [0.15, 0.2) is 18.5 Å². The summed E-state index contributed by atoms with van der Waals surface area (Å²) in [6, 6.07) is 1.36. The van der Waals surface area contributed by atoms with Crippen molar-refractivity contribution in [2.45, 2.75) is 6.92 Å². The normalized spacial score (nSPS) is 8.96. The van der Waals surface area contributed by atoms with Crippen molar-refractivity contribution in [1.29, 1.82) is 0 Å². The van der Waals surface area contributed by atoms with Crippen molar-refractivity contribution < 1.29 is 19.5 Å². The number of rotatable bonds is 3. The standard InChI is InChI=1S/C11H12N4O3.C2HBO2/c1-3-14(2)11(16)9-6-13-10-8(9)4-7(5-12-10)15(17)18;4-2-1-3-5/h4-6H,3H2,1-2H3,(H,12,13);4H. The fourth-order valence-corrected chi connectivity index (χ4v) is 1.64. The number of aliphatic hydroxyl groups is 1. The molecule has 0 aliphatic heterocycles. The van der Waals surface area contributed by atoms with Gasteiger partial charge in [-0.25, -0.2) is 4.98 Å². The Bertz CT molecular complexity index is 792. The molecule has 2 heterocycles. The zero-order valence-corrected chi connectivity index (χ0v) is 12.4. The van der Waals surface area contributed by atoms with Gasteiger partial charge in [0.1, 0.15) is 11.8 Å². The van der Waals surface area contributed by atoms with Crippen molar-refractivity contribution in [2.75, 3.05) is 13.6 Å². The predicted molar refractivity (Wildman–Crippen MR) is 81.5 cm³/mol. The Labute approximate surface area is 131 Å². The fraction of sp³-hybridized carbons (Fsp3) is 0.231. The molecule has 0 unspecified atom stereocenters. The van der Waals surface area contributed by atoms with Crippen LogP contribution < -0.4 is 0 Å². The van der Waals surface area contributed by atoms with E-state index in [0.717, 1.165) is 6.20 Å². The summed E-state index contributed by atoms with van der Waals surface area (Å²) in [6.07, 6.45) is 4.09. The van der Waals surface area contributed by atoms with E-state index in [1.165, 1.54) is 23.3 Å². The van der Waals surface area contributed by atoms with E-state index < -0.39 is 4.92 Å². The van der Waals surface area contributed by atoms with Crippen LogP contribution in [0.5, 0.6) is 0 Å². The number of aromatic amines is 1. The molecule has 118 valence electrons. The van der Waals surface area contributed by atoms with E-state index in [1.54, 1.807) is 12.9 Å². The molecule has 10 heteroatoms. The number of carbonyl (C=O) groups excluding carboxylic acids is 1. The average Bonchev–Trinajstić information content (AvgIpc) is 2.97. The maximum absolute atomic E-state index is 12.0. The third kappa shape index (κ3) is 4.37. The van der Waals surface area contributed by atoms with Gasteiger partial charge in [-0.15, -0.1) is 0 Å². The second-order valence-electron chi connectivity index (χ2n) is 4.24. The summed E-state index contributed by atoms with van der Waals surface area (Å²) in [5.41, 5.74) is 0.731. The first-order chi connectivity index (χ1) is 11.0. The molecular formula is C13H13BN4O5. The number of carbonyl (C=O) groups is 1. The van der Waals surface area contributed by atoms with Gasteiger partial charge in [0.2, 0.25) is 0 Å². The van der Waals surface area contributed by atoms with Crippen LogP contribution in [0.1, 0.15) is 17.3 Å². The number of H-pyrrole nitrogens is 1. The first kappa shape index (κ1) is 17.8. The first-order valence-corrected chi connectivity index (χ1v) is 6.41. The molecule has 2 aromatic heterocycles. The average molecular weight is 316 g/mol. The Morgan fingerprint density at radius 2 is 2.30 bits per heavy atom. The van der Waals surface area contributed by atoms with Crippen molar-refractivity contribution in [3.8, 4) is 11.9 Å². The van der Waals surface area contributed by atoms with E-state index in [0.29, 0.717) is 30.3 Å². The zero-order valence-electron chi connectivity index (χ0n) is 12.4. The Hall–Kier alpha value is -3.22. The molecular weight excluding hydrogens is 303 g/mol. The molecule has 0 saturated carbocycles. The van der Waals surface area contributed by atoms with Crippen LogP contribution in [-0.2, 0) is 4.70 Å². The van der Waals surface area contributed by atoms with Crippen LogP contribution in [-0.4, -0.2) is 51.5 Å². The maximum atomic E-state index is 12.0. The van der Waals surface area contributed by atoms with Crippen molar-refractivity contribution in [1.82, 2.24) is 14.9 Å². The van der Waals surface area contributed by atoms with Crippen LogP contribution in [0.25, 0.3) is 11.0 Å². The Kier molecular flexibility index (Phi) is 6.42. The number of nitrogens with one attached hydrogen (secondary N) is 1. The molecule has 0 bridgehead atoms. The number of fused-ring (bicyclic) bond motifs is 1. The Morgan fingerprint density at radius 3 is 2.78 bits per heavy atom. The number of aromatic nitrogens is 2. The number of pyridine rings is 1. The van der Waals surface area contributed by atoms with Gasteiger partial charge in [-0.3, -0.25) is 14.9 Å². The van der Waals surface area contributed by atoms with Gasteiger partial charge < -0.3 is 9.88 Å². The Balaban J connectivity index is 0.000000463. The molecule has 2 N–H and O–H groups in total. The van der Waals surface area contributed by atoms with Gasteiger partial charge in [0.15, 0.2) is 0 Å². The van der Waals surface area contributed by atoms with Crippen molar-refractivity contribution in [3.05, 3.63) is 34.1 Å². The van der Waals surface area contributed by atoms with Gasteiger partial charge in [0, 0.05) is 31.2 Å². The molecule has 0 atom stereocenters. The second-order valence-corrected chi connectivity index (χ2v) is 4.24. The molecule has 2 aromatic rings. The molecule has 1 amide bonds. The van der Waals surface area contributed by atoms with Crippen LogP contribution in [0.3, 0.4) is 0 Å². The molecule has 0 saturated heterocycles. The van der Waals surface area contributed by atoms with E-state index >= 15 is 0 Å². The molecule has 9 nitrogen and oxygen atoms in total. The van der Waals surface area contributed by atoms with Crippen LogP contribution in [0.4, 0.5) is 5.69 Å². The van der Waals surface area contributed by atoms with Crippen molar-refractivity contribution >= 4 is 29.8 Å². The van der Waals surface area contributed by atoms with Crippen molar-refractivity contribution in [3.63, 3.8) is 0 Å². The number of nitrogens with zero attached hydrogens (tertiary/aromatic N) is 3. The fourth-order valence-electron chi connectivity index (χ4n) is 1.64. The Morgan fingerprint density at radius 1 is 1.61 bits per heavy atom. The van der Waals surface area contributed by atoms with Crippen molar-refractivity contribution in [2.24, 2.45) is 0 Å².